The summed E-state index contributed by atoms with van der Waals surface area (Å²) in [5.74, 6) is -1.00. The predicted octanol–water partition coefficient (Wildman–Crippen LogP) is 1.80. The van der Waals surface area contributed by atoms with Gasteiger partial charge in [-0.25, -0.2) is 9.59 Å². The molecule has 3 N–H and O–H groups in total. The zero-order valence-electron chi connectivity index (χ0n) is 9.60. The minimum Gasteiger partial charge on any atom is -0.480 e. The molecule has 0 saturated carbocycles. The first-order valence-electron chi connectivity index (χ1n) is 5.41. The van der Waals surface area contributed by atoms with Gasteiger partial charge >= 0.3 is 12.0 Å². The van der Waals surface area contributed by atoms with E-state index in [2.05, 4.69) is 10.6 Å². The Hall–Kier alpha value is -1.56. The summed E-state index contributed by atoms with van der Waals surface area (Å²) in [6.45, 7) is 2.29. The van der Waals surface area contributed by atoms with Crippen molar-refractivity contribution in [3.63, 3.8) is 0 Å². The number of carboxylic acid groups (broad SMARTS) is 1. The van der Waals surface area contributed by atoms with Crippen molar-refractivity contribution in [3.8, 4) is 0 Å². The highest BCUT2D eigenvalue weighted by Gasteiger charge is 2.18. The van der Waals surface area contributed by atoms with Crippen molar-refractivity contribution in [2.24, 2.45) is 0 Å². The second-order valence-corrected chi connectivity index (χ2v) is 4.42. The van der Waals surface area contributed by atoms with Crippen LogP contribution in [0, 0.1) is 0 Å². The largest absolute Gasteiger partial charge is 0.480 e. The summed E-state index contributed by atoms with van der Waals surface area (Å²) in [4.78, 5) is 22.3. The number of carboxylic acids is 1. The fraction of sp³-hybridized carbons (Fsp3) is 0.455. The minimum absolute atomic E-state index is 0.411. The lowest BCUT2D eigenvalue weighted by atomic mass is 10.2. The van der Waals surface area contributed by atoms with Gasteiger partial charge in [0, 0.05) is 6.54 Å². The number of hydrogen-bond donors (Lipinski definition) is 3. The summed E-state index contributed by atoms with van der Waals surface area (Å²) >= 11 is 1.55. The van der Waals surface area contributed by atoms with Crippen molar-refractivity contribution in [2.45, 2.75) is 32.4 Å². The zero-order valence-corrected chi connectivity index (χ0v) is 10.4. The Labute approximate surface area is 104 Å². The third kappa shape index (κ3) is 4.86. The molecule has 0 aliphatic heterocycles. The molecule has 2 amide bonds. The molecule has 0 aliphatic rings. The highest BCUT2D eigenvalue weighted by molar-refractivity contribution is 7.07. The summed E-state index contributed by atoms with van der Waals surface area (Å²) in [5, 5.41) is 17.8. The average molecular weight is 256 g/mol. The quantitative estimate of drug-likeness (QED) is 0.726. The van der Waals surface area contributed by atoms with E-state index in [4.69, 9.17) is 5.11 Å². The predicted molar refractivity (Wildman–Crippen MR) is 66.0 cm³/mol. The van der Waals surface area contributed by atoms with Crippen LogP contribution in [0.1, 0.15) is 25.3 Å². The maximum atomic E-state index is 11.4. The van der Waals surface area contributed by atoms with E-state index in [1.165, 1.54) is 0 Å². The van der Waals surface area contributed by atoms with Crippen molar-refractivity contribution in [1.82, 2.24) is 10.6 Å². The van der Waals surface area contributed by atoms with E-state index in [0.717, 1.165) is 5.56 Å². The Morgan fingerprint density at radius 1 is 1.53 bits per heavy atom. The lowest BCUT2D eigenvalue weighted by Crippen LogP contribution is -2.45. The van der Waals surface area contributed by atoms with E-state index in [-0.39, 0.29) is 0 Å². The molecule has 1 heterocycles. The van der Waals surface area contributed by atoms with Gasteiger partial charge in [0.05, 0.1) is 0 Å². The fourth-order valence-electron chi connectivity index (χ4n) is 1.33. The summed E-state index contributed by atoms with van der Waals surface area (Å²) in [5.41, 5.74) is 1.01. The fourth-order valence-corrected chi connectivity index (χ4v) is 2.00. The van der Waals surface area contributed by atoms with Crippen molar-refractivity contribution in [1.29, 1.82) is 0 Å². The molecular weight excluding hydrogens is 240 g/mol. The number of urea groups is 1. The Bertz CT molecular complexity index is 365. The van der Waals surface area contributed by atoms with Gasteiger partial charge in [-0.1, -0.05) is 13.3 Å². The van der Waals surface area contributed by atoms with Gasteiger partial charge in [-0.3, -0.25) is 0 Å². The van der Waals surface area contributed by atoms with Crippen molar-refractivity contribution < 1.29 is 14.7 Å². The van der Waals surface area contributed by atoms with E-state index in [1.807, 2.05) is 23.8 Å². The zero-order chi connectivity index (χ0) is 12.7. The van der Waals surface area contributed by atoms with Crippen LogP contribution in [0.3, 0.4) is 0 Å². The van der Waals surface area contributed by atoms with Gasteiger partial charge in [-0.05, 0) is 28.8 Å². The number of carbonyl (C=O) groups excluding carboxylic acids is 1. The van der Waals surface area contributed by atoms with Crippen LogP contribution >= 0.6 is 11.3 Å². The molecule has 0 bridgehead atoms. The topological polar surface area (TPSA) is 78.4 Å². The molecule has 5 nitrogen and oxygen atoms in total. The van der Waals surface area contributed by atoms with Gasteiger partial charge in [0.15, 0.2) is 0 Å². The van der Waals surface area contributed by atoms with Crippen molar-refractivity contribution in [2.75, 3.05) is 0 Å². The van der Waals surface area contributed by atoms with Crippen LogP contribution < -0.4 is 10.6 Å². The van der Waals surface area contributed by atoms with Crippen molar-refractivity contribution in [3.05, 3.63) is 22.4 Å². The Morgan fingerprint density at radius 2 is 2.29 bits per heavy atom. The number of thiophene rings is 1. The number of nitrogens with one attached hydrogen (secondary N) is 2. The van der Waals surface area contributed by atoms with Crippen LogP contribution in [0.25, 0.3) is 0 Å². The third-order valence-electron chi connectivity index (χ3n) is 2.21. The van der Waals surface area contributed by atoms with Gasteiger partial charge in [0.2, 0.25) is 0 Å². The van der Waals surface area contributed by atoms with Crippen LogP contribution in [0.5, 0.6) is 0 Å². The molecule has 0 aliphatic carbocycles. The molecule has 0 spiro atoms. The number of carbonyl (C=O) groups is 2. The molecule has 6 heteroatoms. The van der Waals surface area contributed by atoms with E-state index in [9.17, 15) is 9.59 Å². The molecule has 1 aromatic rings. The molecule has 0 saturated heterocycles. The minimum atomic E-state index is -1.00. The molecule has 0 fully saturated rings. The summed E-state index contributed by atoms with van der Waals surface area (Å²) in [7, 11) is 0. The Morgan fingerprint density at radius 3 is 2.82 bits per heavy atom. The smallest absolute Gasteiger partial charge is 0.326 e. The van der Waals surface area contributed by atoms with Gasteiger partial charge in [-0.2, -0.15) is 11.3 Å². The number of amides is 2. The second kappa shape index (κ2) is 6.90. The number of rotatable bonds is 6. The summed E-state index contributed by atoms with van der Waals surface area (Å²) in [6, 6.07) is 0.644. The molecule has 1 rings (SSSR count). The summed E-state index contributed by atoms with van der Waals surface area (Å²) < 4.78 is 0. The van der Waals surface area contributed by atoms with E-state index in [0.29, 0.717) is 19.4 Å². The van der Waals surface area contributed by atoms with Crippen LogP contribution in [-0.2, 0) is 11.3 Å². The molecule has 1 atom stereocenters. The van der Waals surface area contributed by atoms with Crippen LogP contribution in [-0.4, -0.2) is 23.1 Å². The number of hydrogen-bond acceptors (Lipinski definition) is 3. The molecule has 1 aromatic heterocycles. The third-order valence-corrected chi connectivity index (χ3v) is 2.95. The second-order valence-electron chi connectivity index (χ2n) is 3.64. The lowest BCUT2D eigenvalue weighted by Gasteiger charge is -2.13. The molecular formula is C11H16N2O3S. The van der Waals surface area contributed by atoms with E-state index < -0.39 is 18.0 Å². The van der Waals surface area contributed by atoms with E-state index in [1.54, 1.807) is 11.3 Å². The normalized spacial score (nSPS) is 11.8. The first-order valence-corrected chi connectivity index (χ1v) is 6.36. The highest BCUT2D eigenvalue weighted by Crippen LogP contribution is 2.04. The first-order chi connectivity index (χ1) is 8.13. The maximum Gasteiger partial charge on any atom is 0.326 e. The molecule has 0 aromatic carbocycles. The van der Waals surface area contributed by atoms with Crippen molar-refractivity contribution >= 4 is 23.3 Å². The SMILES string of the molecule is CCC[C@@H](NC(=O)NCc1ccsc1)C(=O)O. The van der Waals surface area contributed by atoms with Gasteiger partial charge in [-0.15, -0.1) is 0 Å². The van der Waals surface area contributed by atoms with Gasteiger partial charge < -0.3 is 15.7 Å². The first kappa shape index (κ1) is 13.5. The van der Waals surface area contributed by atoms with Crippen LogP contribution in [0.15, 0.2) is 16.8 Å². The average Bonchev–Trinajstić information content (AvgIpc) is 2.78. The monoisotopic (exact) mass is 256 g/mol. The standard InChI is InChI=1S/C11H16N2O3S/c1-2-3-9(10(14)15)13-11(16)12-6-8-4-5-17-7-8/h4-5,7,9H,2-3,6H2,1H3,(H,14,15)(H2,12,13,16)/t9-/m1/s1. The van der Waals surface area contributed by atoms with Crippen LogP contribution in [0.2, 0.25) is 0 Å². The molecule has 17 heavy (non-hydrogen) atoms. The van der Waals surface area contributed by atoms with Gasteiger partial charge in [0.1, 0.15) is 6.04 Å². The maximum absolute atomic E-state index is 11.4. The Kier molecular flexibility index (Phi) is 5.48. The van der Waals surface area contributed by atoms with Crippen LogP contribution in [0.4, 0.5) is 4.79 Å². The summed E-state index contributed by atoms with van der Waals surface area (Å²) in [6.07, 6.45) is 1.14. The Balaban J connectivity index is 2.34. The van der Waals surface area contributed by atoms with Gasteiger partial charge in [0.25, 0.3) is 0 Å². The lowest BCUT2D eigenvalue weighted by molar-refractivity contribution is -0.139. The molecule has 0 radical (unpaired) electrons. The molecule has 0 unspecified atom stereocenters. The molecule has 94 valence electrons. The van der Waals surface area contributed by atoms with E-state index >= 15 is 0 Å². The highest BCUT2D eigenvalue weighted by atomic mass is 32.1. The number of aliphatic carboxylic acids is 1.